The number of hydrogen-bond donors (Lipinski definition) is 2. The van der Waals surface area contributed by atoms with E-state index in [1.807, 2.05) is 0 Å². The number of anilines is 1. The van der Waals surface area contributed by atoms with Gasteiger partial charge >= 0.3 is 0 Å². The normalized spacial score (nSPS) is 16.7. The summed E-state index contributed by atoms with van der Waals surface area (Å²) < 4.78 is 13.9. The first-order valence-electron chi connectivity index (χ1n) is 7.48. The second-order valence-corrected chi connectivity index (χ2v) is 6.16. The van der Waals surface area contributed by atoms with Gasteiger partial charge in [-0.05, 0) is 37.1 Å². The summed E-state index contributed by atoms with van der Waals surface area (Å²) >= 11 is 5.93. The number of rotatable bonds is 4. The number of pyridine rings is 1. The molecule has 1 aliphatic carbocycles. The predicted molar refractivity (Wildman–Crippen MR) is 86.2 cm³/mol. The van der Waals surface area contributed by atoms with Crippen LogP contribution >= 0.6 is 11.6 Å². The topological polar surface area (TPSA) is 45.1 Å². The van der Waals surface area contributed by atoms with Gasteiger partial charge in [-0.2, -0.15) is 0 Å². The maximum atomic E-state index is 13.9. The second kappa shape index (κ2) is 6.63. The van der Waals surface area contributed by atoms with E-state index in [1.165, 1.54) is 12.1 Å². The molecule has 3 rings (SSSR count). The van der Waals surface area contributed by atoms with Crippen molar-refractivity contribution in [2.24, 2.45) is 5.92 Å². The third-order valence-corrected chi connectivity index (χ3v) is 4.37. The second-order valence-electron chi connectivity index (χ2n) is 5.72. The molecular formula is C17H18ClFN2O. The zero-order chi connectivity index (χ0) is 15.5. The molecule has 0 amide bonds. The monoisotopic (exact) mass is 320 g/mol. The molecule has 5 heteroatoms. The van der Waals surface area contributed by atoms with Crippen LogP contribution in [-0.2, 0) is 0 Å². The van der Waals surface area contributed by atoms with E-state index in [0.29, 0.717) is 21.8 Å². The van der Waals surface area contributed by atoms with Gasteiger partial charge in [-0.1, -0.05) is 24.4 Å². The molecule has 0 radical (unpaired) electrons. The Bertz CT molecular complexity index is 659. The number of aliphatic hydroxyl groups is 1. The summed E-state index contributed by atoms with van der Waals surface area (Å²) in [6.07, 6.45) is 7.01. The van der Waals surface area contributed by atoms with E-state index in [4.69, 9.17) is 11.6 Å². The first-order chi connectivity index (χ1) is 10.6. The van der Waals surface area contributed by atoms with Crippen LogP contribution in [0.5, 0.6) is 0 Å². The van der Waals surface area contributed by atoms with Crippen molar-refractivity contribution in [3.05, 3.63) is 47.5 Å². The third kappa shape index (κ3) is 3.39. The Morgan fingerprint density at radius 2 is 2.00 bits per heavy atom. The Morgan fingerprint density at radius 3 is 2.77 bits per heavy atom. The Kier molecular flexibility index (Phi) is 4.60. The van der Waals surface area contributed by atoms with Crippen molar-refractivity contribution < 1.29 is 9.50 Å². The molecule has 1 aliphatic rings. The molecule has 2 aromatic rings. The van der Waals surface area contributed by atoms with Crippen molar-refractivity contribution in [3.63, 3.8) is 0 Å². The molecule has 116 valence electrons. The number of nitrogens with one attached hydrogen (secondary N) is 1. The zero-order valence-electron chi connectivity index (χ0n) is 12.1. The molecular weight excluding hydrogens is 303 g/mol. The van der Waals surface area contributed by atoms with Gasteiger partial charge in [0.2, 0.25) is 0 Å². The number of halogens is 2. The highest BCUT2D eigenvalue weighted by molar-refractivity contribution is 6.30. The third-order valence-electron chi connectivity index (χ3n) is 4.14. The lowest BCUT2D eigenvalue weighted by atomic mass is 10.1. The highest BCUT2D eigenvalue weighted by Gasteiger charge is 2.23. The van der Waals surface area contributed by atoms with Gasteiger partial charge < -0.3 is 10.4 Å². The molecule has 22 heavy (non-hydrogen) atoms. The molecule has 2 N–H and O–H groups in total. The van der Waals surface area contributed by atoms with E-state index in [1.54, 1.807) is 24.5 Å². The Balaban J connectivity index is 1.81. The van der Waals surface area contributed by atoms with Gasteiger partial charge in [0, 0.05) is 28.3 Å². The van der Waals surface area contributed by atoms with Gasteiger partial charge in [-0.15, -0.1) is 0 Å². The first-order valence-corrected chi connectivity index (χ1v) is 7.86. The molecule has 3 nitrogen and oxygen atoms in total. The molecule has 1 heterocycles. The van der Waals surface area contributed by atoms with Crippen molar-refractivity contribution in [1.82, 2.24) is 4.98 Å². The van der Waals surface area contributed by atoms with Crippen LogP contribution in [-0.4, -0.2) is 16.3 Å². The molecule has 1 saturated carbocycles. The number of hydrogen-bond acceptors (Lipinski definition) is 3. The SMILES string of the molecule is OC(Nc1cncc(-c2cc(Cl)ccc2F)c1)C1CCCC1. The van der Waals surface area contributed by atoms with Crippen LogP contribution in [0, 0.1) is 11.7 Å². The maximum Gasteiger partial charge on any atom is 0.131 e. The van der Waals surface area contributed by atoms with E-state index in [0.717, 1.165) is 25.7 Å². The van der Waals surface area contributed by atoms with Crippen LogP contribution in [0.3, 0.4) is 0 Å². The van der Waals surface area contributed by atoms with Crippen molar-refractivity contribution in [2.75, 3.05) is 5.32 Å². The van der Waals surface area contributed by atoms with Crippen molar-refractivity contribution >= 4 is 17.3 Å². The minimum absolute atomic E-state index is 0.270. The summed E-state index contributed by atoms with van der Waals surface area (Å²) in [5, 5.41) is 13.8. The molecule has 0 spiro atoms. The largest absolute Gasteiger partial charge is 0.374 e. The Labute approximate surface area is 134 Å². The van der Waals surface area contributed by atoms with E-state index in [9.17, 15) is 9.50 Å². The summed E-state index contributed by atoms with van der Waals surface area (Å²) in [6, 6.07) is 6.20. The summed E-state index contributed by atoms with van der Waals surface area (Å²) in [4.78, 5) is 4.13. The predicted octanol–water partition coefficient (Wildman–Crippen LogP) is 4.46. The van der Waals surface area contributed by atoms with Crippen LogP contribution in [0.4, 0.5) is 10.1 Å². The molecule has 0 saturated heterocycles. The maximum absolute atomic E-state index is 13.9. The average Bonchev–Trinajstić information content (AvgIpc) is 3.04. The molecule has 1 fully saturated rings. The molecule has 1 atom stereocenters. The van der Waals surface area contributed by atoms with Crippen LogP contribution < -0.4 is 5.32 Å². The number of aliphatic hydroxyl groups excluding tert-OH is 1. The summed E-state index contributed by atoms with van der Waals surface area (Å²) in [7, 11) is 0. The van der Waals surface area contributed by atoms with E-state index in [-0.39, 0.29) is 11.7 Å². The van der Waals surface area contributed by atoms with E-state index >= 15 is 0 Å². The van der Waals surface area contributed by atoms with Crippen LogP contribution in [0.25, 0.3) is 11.1 Å². The van der Waals surface area contributed by atoms with Gasteiger partial charge in [0.05, 0.1) is 11.9 Å². The van der Waals surface area contributed by atoms with Gasteiger partial charge in [0.1, 0.15) is 12.0 Å². The van der Waals surface area contributed by atoms with Crippen molar-refractivity contribution in [2.45, 2.75) is 31.9 Å². The lowest BCUT2D eigenvalue weighted by molar-refractivity contribution is 0.137. The van der Waals surface area contributed by atoms with E-state index in [2.05, 4.69) is 10.3 Å². The number of nitrogens with zero attached hydrogens (tertiary/aromatic N) is 1. The fourth-order valence-electron chi connectivity index (χ4n) is 2.95. The zero-order valence-corrected chi connectivity index (χ0v) is 12.9. The van der Waals surface area contributed by atoms with Gasteiger partial charge in [0.15, 0.2) is 0 Å². The average molecular weight is 321 g/mol. The lowest BCUT2D eigenvalue weighted by Crippen LogP contribution is -2.26. The first kappa shape index (κ1) is 15.3. The molecule has 0 aliphatic heterocycles. The van der Waals surface area contributed by atoms with Crippen molar-refractivity contribution in [1.29, 1.82) is 0 Å². The quantitative estimate of drug-likeness (QED) is 0.817. The minimum Gasteiger partial charge on any atom is -0.374 e. The molecule has 1 aromatic carbocycles. The Morgan fingerprint density at radius 1 is 1.23 bits per heavy atom. The molecule has 1 unspecified atom stereocenters. The number of benzene rings is 1. The number of aromatic nitrogens is 1. The van der Waals surface area contributed by atoms with Crippen LogP contribution in [0.2, 0.25) is 5.02 Å². The summed E-state index contributed by atoms with van der Waals surface area (Å²) in [5.74, 6) is -0.0775. The van der Waals surface area contributed by atoms with Gasteiger partial charge in [0.25, 0.3) is 0 Å². The summed E-state index contributed by atoms with van der Waals surface area (Å²) in [5.41, 5.74) is 1.71. The van der Waals surface area contributed by atoms with Crippen LogP contribution in [0.1, 0.15) is 25.7 Å². The molecule has 0 bridgehead atoms. The van der Waals surface area contributed by atoms with Gasteiger partial charge in [-0.25, -0.2) is 4.39 Å². The smallest absolute Gasteiger partial charge is 0.131 e. The fraction of sp³-hybridized carbons (Fsp3) is 0.353. The highest BCUT2D eigenvalue weighted by Crippen LogP contribution is 2.30. The Hall–Kier alpha value is -1.65. The van der Waals surface area contributed by atoms with Crippen molar-refractivity contribution in [3.8, 4) is 11.1 Å². The molecule has 1 aromatic heterocycles. The lowest BCUT2D eigenvalue weighted by Gasteiger charge is -2.20. The summed E-state index contributed by atoms with van der Waals surface area (Å²) in [6.45, 7) is 0. The standard InChI is InChI=1S/C17H18ClFN2O/c18-13-5-6-16(19)15(8-13)12-7-14(10-20-9-12)21-17(22)11-3-1-2-4-11/h5-11,17,21-22H,1-4H2. The van der Waals surface area contributed by atoms with Crippen LogP contribution in [0.15, 0.2) is 36.7 Å². The van der Waals surface area contributed by atoms with Gasteiger partial charge in [-0.3, -0.25) is 4.98 Å². The fourth-order valence-corrected chi connectivity index (χ4v) is 3.12. The highest BCUT2D eigenvalue weighted by atomic mass is 35.5. The van der Waals surface area contributed by atoms with E-state index < -0.39 is 6.23 Å². The minimum atomic E-state index is -0.594.